The summed E-state index contributed by atoms with van der Waals surface area (Å²) in [5.74, 6) is -0.559. The van der Waals surface area contributed by atoms with Gasteiger partial charge in [0.05, 0.1) is 5.92 Å². The first kappa shape index (κ1) is 10.1. The van der Waals surface area contributed by atoms with E-state index in [1.165, 1.54) is 0 Å². The second-order valence-corrected chi connectivity index (χ2v) is 3.23. The smallest absolute Gasteiger partial charge is 0.306 e. The second-order valence-electron chi connectivity index (χ2n) is 2.85. The largest absolute Gasteiger partial charge is 0.481 e. The van der Waals surface area contributed by atoms with Crippen LogP contribution in [0.1, 0.15) is 19.1 Å². The predicted molar refractivity (Wildman–Crippen MR) is 48.8 cm³/mol. The van der Waals surface area contributed by atoms with Crippen molar-refractivity contribution in [2.45, 2.75) is 19.8 Å². The second kappa shape index (κ2) is 4.33. The molecule has 3 nitrogen and oxygen atoms in total. The van der Waals surface area contributed by atoms with Gasteiger partial charge in [-0.05, 0) is 30.2 Å². The quantitative estimate of drug-likeness (QED) is 0.817. The van der Waals surface area contributed by atoms with Crippen LogP contribution < -0.4 is 0 Å². The number of furan rings is 1. The normalized spacial score (nSPS) is 12.8. The molecule has 0 aliphatic rings. The minimum Gasteiger partial charge on any atom is -0.481 e. The van der Waals surface area contributed by atoms with E-state index in [1.54, 1.807) is 12.1 Å². The molecule has 1 heterocycles. The van der Waals surface area contributed by atoms with Gasteiger partial charge in [-0.2, -0.15) is 0 Å². The zero-order chi connectivity index (χ0) is 9.84. The molecule has 0 saturated carbocycles. The maximum atomic E-state index is 10.7. The van der Waals surface area contributed by atoms with E-state index in [0.717, 1.165) is 0 Å². The van der Waals surface area contributed by atoms with Crippen molar-refractivity contribution in [1.29, 1.82) is 0 Å². The maximum absolute atomic E-state index is 10.7. The number of carbonyl (C=O) groups is 1. The van der Waals surface area contributed by atoms with Gasteiger partial charge in [0, 0.05) is 6.42 Å². The summed E-state index contributed by atoms with van der Waals surface area (Å²) in [5.41, 5.74) is 0. The van der Waals surface area contributed by atoms with Crippen molar-refractivity contribution in [3.63, 3.8) is 0 Å². The third-order valence-electron chi connectivity index (χ3n) is 1.92. The summed E-state index contributed by atoms with van der Waals surface area (Å²) in [6.07, 6.45) is 0.992. The van der Waals surface area contributed by atoms with Crippen LogP contribution in [0.2, 0.25) is 5.22 Å². The van der Waals surface area contributed by atoms with Crippen molar-refractivity contribution in [3.05, 3.63) is 23.1 Å². The van der Waals surface area contributed by atoms with E-state index in [2.05, 4.69) is 0 Å². The van der Waals surface area contributed by atoms with E-state index in [-0.39, 0.29) is 5.92 Å². The molecular formula is C9H11ClO3. The first-order chi connectivity index (χ1) is 6.13. The number of rotatable bonds is 4. The maximum Gasteiger partial charge on any atom is 0.306 e. The van der Waals surface area contributed by atoms with Gasteiger partial charge in [-0.3, -0.25) is 4.79 Å². The zero-order valence-corrected chi connectivity index (χ0v) is 8.04. The third kappa shape index (κ3) is 2.77. The summed E-state index contributed by atoms with van der Waals surface area (Å²) < 4.78 is 5.07. The monoisotopic (exact) mass is 202 g/mol. The molecule has 0 fully saturated rings. The molecule has 1 aromatic rings. The van der Waals surface area contributed by atoms with Crippen LogP contribution in [0, 0.1) is 5.92 Å². The van der Waals surface area contributed by atoms with E-state index >= 15 is 0 Å². The van der Waals surface area contributed by atoms with E-state index in [9.17, 15) is 4.79 Å². The van der Waals surface area contributed by atoms with Crippen LogP contribution in [0.5, 0.6) is 0 Å². The fourth-order valence-electron chi connectivity index (χ4n) is 1.11. The highest BCUT2D eigenvalue weighted by atomic mass is 35.5. The van der Waals surface area contributed by atoms with Gasteiger partial charge >= 0.3 is 5.97 Å². The van der Waals surface area contributed by atoms with Gasteiger partial charge in [0.25, 0.3) is 0 Å². The van der Waals surface area contributed by atoms with E-state index in [4.69, 9.17) is 21.1 Å². The van der Waals surface area contributed by atoms with Gasteiger partial charge in [-0.1, -0.05) is 6.92 Å². The molecule has 1 N–H and O–H groups in total. The molecule has 0 amide bonds. The topological polar surface area (TPSA) is 50.4 Å². The van der Waals surface area contributed by atoms with Gasteiger partial charge in [-0.25, -0.2) is 0 Å². The van der Waals surface area contributed by atoms with Gasteiger partial charge in [-0.15, -0.1) is 0 Å². The number of carboxylic acid groups (broad SMARTS) is 1. The van der Waals surface area contributed by atoms with Crippen molar-refractivity contribution < 1.29 is 14.3 Å². The molecule has 1 rings (SSSR count). The average molecular weight is 203 g/mol. The molecule has 1 atom stereocenters. The number of halogens is 1. The Hall–Kier alpha value is -0.960. The number of hydrogen-bond acceptors (Lipinski definition) is 2. The minimum absolute atomic E-state index is 0.301. The Kier molecular flexibility index (Phi) is 3.37. The van der Waals surface area contributed by atoms with E-state index in [0.29, 0.717) is 23.8 Å². The van der Waals surface area contributed by atoms with Crippen molar-refractivity contribution in [2.75, 3.05) is 0 Å². The molecule has 1 aromatic heterocycles. The van der Waals surface area contributed by atoms with Crippen LogP contribution in [0.25, 0.3) is 0 Å². The summed E-state index contributed by atoms with van der Waals surface area (Å²) in [6.45, 7) is 1.84. The Morgan fingerprint density at radius 2 is 2.38 bits per heavy atom. The lowest BCUT2D eigenvalue weighted by Gasteiger charge is -2.06. The summed E-state index contributed by atoms with van der Waals surface area (Å²) in [7, 11) is 0. The molecule has 0 aromatic carbocycles. The van der Waals surface area contributed by atoms with Crippen molar-refractivity contribution in [2.24, 2.45) is 5.92 Å². The number of carboxylic acids is 1. The first-order valence-electron chi connectivity index (χ1n) is 4.10. The fourth-order valence-corrected chi connectivity index (χ4v) is 1.27. The van der Waals surface area contributed by atoms with Crippen LogP contribution in [0.3, 0.4) is 0 Å². The number of hydrogen-bond donors (Lipinski definition) is 1. The van der Waals surface area contributed by atoms with Gasteiger partial charge in [0.1, 0.15) is 5.76 Å². The highest BCUT2D eigenvalue weighted by molar-refractivity contribution is 6.28. The summed E-state index contributed by atoms with van der Waals surface area (Å²) >= 11 is 5.55. The molecule has 0 aliphatic heterocycles. The minimum atomic E-state index is -0.796. The van der Waals surface area contributed by atoms with E-state index in [1.807, 2.05) is 6.92 Å². The molecule has 0 bridgehead atoms. The van der Waals surface area contributed by atoms with Gasteiger partial charge in [0.2, 0.25) is 0 Å². The lowest BCUT2D eigenvalue weighted by atomic mass is 10.0. The van der Waals surface area contributed by atoms with Crippen molar-refractivity contribution in [1.82, 2.24) is 0 Å². The summed E-state index contributed by atoms with van der Waals surface area (Å²) in [4.78, 5) is 10.7. The molecule has 72 valence electrons. The van der Waals surface area contributed by atoms with E-state index < -0.39 is 5.97 Å². The highest BCUT2D eigenvalue weighted by Gasteiger charge is 2.17. The van der Waals surface area contributed by atoms with Crippen LogP contribution in [0.15, 0.2) is 16.5 Å². The van der Waals surface area contributed by atoms with Crippen LogP contribution >= 0.6 is 11.6 Å². The van der Waals surface area contributed by atoms with Crippen molar-refractivity contribution in [3.8, 4) is 0 Å². The molecule has 4 heteroatoms. The molecule has 0 aliphatic carbocycles. The third-order valence-corrected chi connectivity index (χ3v) is 2.12. The van der Waals surface area contributed by atoms with Crippen molar-refractivity contribution >= 4 is 17.6 Å². The fraction of sp³-hybridized carbons (Fsp3) is 0.444. The molecule has 0 radical (unpaired) electrons. The standard InChI is InChI=1S/C9H11ClO3/c1-2-6(9(11)12)5-7-3-4-8(10)13-7/h3-4,6H,2,5H2,1H3,(H,11,12). The van der Waals surface area contributed by atoms with Crippen LogP contribution in [-0.2, 0) is 11.2 Å². The predicted octanol–water partition coefficient (Wildman–Crippen LogP) is 2.59. The SMILES string of the molecule is CCC(Cc1ccc(Cl)o1)C(=O)O. The highest BCUT2D eigenvalue weighted by Crippen LogP contribution is 2.18. The lowest BCUT2D eigenvalue weighted by molar-refractivity contribution is -0.141. The Labute approximate surface area is 81.3 Å². The van der Waals surface area contributed by atoms with Crippen LogP contribution in [0.4, 0.5) is 0 Å². The summed E-state index contributed by atoms with van der Waals surface area (Å²) in [5, 5.41) is 9.07. The van der Waals surface area contributed by atoms with Gasteiger partial charge < -0.3 is 9.52 Å². The molecular weight excluding hydrogens is 192 g/mol. The molecule has 0 saturated heterocycles. The Morgan fingerprint density at radius 3 is 2.77 bits per heavy atom. The number of aliphatic carboxylic acids is 1. The Balaban J connectivity index is 2.61. The lowest BCUT2D eigenvalue weighted by Crippen LogP contribution is -2.14. The molecule has 1 unspecified atom stereocenters. The Morgan fingerprint density at radius 1 is 1.69 bits per heavy atom. The average Bonchev–Trinajstić information content (AvgIpc) is 2.46. The Bertz CT molecular complexity index is 293. The zero-order valence-electron chi connectivity index (χ0n) is 7.29. The summed E-state index contributed by atoms with van der Waals surface area (Å²) in [6, 6.07) is 3.32. The molecule has 13 heavy (non-hydrogen) atoms. The van der Waals surface area contributed by atoms with Gasteiger partial charge in [0.15, 0.2) is 5.22 Å². The van der Waals surface area contributed by atoms with Crippen LogP contribution in [-0.4, -0.2) is 11.1 Å². The molecule has 0 spiro atoms. The first-order valence-corrected chi connectivity index (χ1v) is 4.48.